The number of aryl methyl sites for hydroxylation is 1. The molecule has 152 valence electrons. The molecule has 4 rings (SSSR count). The Kier molecular flexibility index (Phi) is 6.60. The molecule has 0 spiro atoms. The van der Waals surface area contributed by atoms with E-state index >= 15 is 0 Å². The number of rotatable bonds is 8. The van der Waals surface area contributed by atoms with Crippen molar-refractivity contribution in [3.8, 4) is 5.69 Å². The van der Waals surface area contributed by atoms with Gasteiger partial charge in [-0.1, -0.05) is 36.4 Å². The van der Waals surface area contributed by atoms with Gasteiger partial charge in [-0.2, -0.15) is 5.10 Å². The van der Waals surface area contributed by atoms with Crippen LogP contribution in [0, 0.1) is 0 Å². The molecule has 2 heterocycles. The van der Waals surface area contributed by atoms with Crippen LogP contribution in [0.15, 0.2) is 72.9 Å². The van der Waals surface area contributed by atoms with Gasteiger partial charge in [-0.25, -0.2) is 4.68 Å². The SMILES string of the molecule is COCN1CCN(c2ccccc2)CC1CCCc1ccn(-c2ccccc2)n1. The third-order valence-electron chi connectivity index (χ3n) is 5.66. The van der Waals surface area contributed by atoms with Crippen LogP contribution in [0.4, 0.5) is 5.69 Å². The Balaban J connectivity index is 1.34. The third-order valence-corrected chi connectivity index (χ3v) is 5.66. The van der Waals surface area contributed by atoms with Gasteiger partial charge in [0, 0.05) is 44.7 Å². The van der Waals surface area contributed by atoms with Crippen LogP contribution in [0.25, 0.3) is 5.69 Å². The van der Waals surface area contributed by atoms with Crippen LogP contribution in [0.5, 0.6) is 0 Å². The van der Waals surface area contributed by atoms with E-state index in [0.717, 1.165) is 50.3 Å². The Labute approximate surface area is 173 Å². The van der Waals surface area contributed by atoms with Gasteiger partial charge in [0.1, 0.15) is 0 Å². The van der Waals surface area contributed by atoms with Gasteiger partial charge in [0.15, 0.2) is 0 Å². The zero-order chi connectivity index (χ0) is 19.9. The maximum atomic E-state index is 5.46. The molecule has 0 saturated carbocycles. The lowest BCUT2D eigenvalue weighted by Crippen LogP contribution is -2.53. The summed E-state index contributed by atoms with van der Waals surface area (Å²) in [5.41, 5.74) is 3.58. The molecule has 1 fully saturated rings. The van der Waals surface area contributed by atoms with Gasteiger partial charge >= 0.3 is 0 Å². The molecule has 3 aromatic rings. The number of hydrogen-bond donors (Lipinski definition) is 0. The number of benzene rings is 2. The molecule has 1 atom stereocenters. The van der Waals surface area contributed by atoms with Gasteiger partial charge in [-0.05, 0) is 49.6 Å². The van der Waals surface area contributed by atoms with Crippen molar-refractivity contribution in [2.45, 2.75) is 25.3 Å². The van der Waals surface area contributed by atoms with Gasteiger partial charge in [0.2, 0.25) is 0 Å². The van der Waals surface area contributed by atoms with E-state index in [9.17, 15) is 0 Å². The Hall–Kier alpha value is -2.63. The highest BCUT2D eigenvalue weighted by atomic mass is 16.5. The zero-order valence-electron chi connectivity index (χ0n) is 17.2. The molecule has 29 heavy (non-hydrogen) atoms. The molecule has 5 nitrogen and oxygen atoms in total. The Morgan fingerprint density at radius 3 is 2.38 bits per heavy atom. The maximum absolute atomic E-state index is 5.46. The standard InChI is InChI=1S/C24H30N4O/c1-29-20-27-18-17-26(22-10-4-2-5-11-22)19-24(27)14-8-9-21-15-16-28(25-21)23-12-6-3-7-13-23/h2-7,10-13,15-16,24H,8-9,14,17-20H2,1H3. The van der Waals surface area contributed by atoms with Crippen LogP contribution < -0.4 is 4.90 Å². The number of piperazine rings is 1. The highest BCUT2D eigenvalue weighted by Gasteiger charge is 2.26. The summed E-state index contributed by atoms with van der Waals surface area (Å²) in [7, 11) is 1.79. The number of para-hydroxylation sites is 2. The van der Waals surface area contributed by atoms with E-state index < -0.39 is 0 Å². The molecule has 1 aliphatic rings. The molecule has 1 aliphatic heterocycles. The van der Waals surface area contributed by atoms with Crippen molar-refractivity contribution in [3.05, 3.63) is 78.6 Å². The molecule has 0 radical (unpaired) electrons. The van der Waals surface area contributed by atoms with Crippen LogP contribution in [0.1, 0.15) is 18.5 Å². The largest absolute Gasteiger partial charge is 0.369 e. The first-order chi connectivity index (χ1) is 14.3. The molecule has 0 amide bonds. The first kappa shape index (κ1) is 19.7. The van der Waals surface area contributed by atoms with Crippen LogP contribution >= 0.6 is 0 Å². The monoisotopic (exact) mass is 390 g/mol. The molecule has 0 N–H and O–H groups in total. The van der Waals surface area contributed by atoms with E-state index in [4.69, 9.17) is 9.84 Å². The van der Waals surface area contributed by atoms with Crippen molar-refractivity contribution in [2.24, 2.45) is 0 Å². The molecular weight excluding hydrogens is 360 g/mol. The zero-order valence-corrected chi connectivity index (χ0v) is 17.2. The van der Waals surface area contributed by atoms with Crippen molar-refractivity contribution in [2.75, 3.05) is 38.4 Å². The summed E-state index contributed by atoms with van der Waals surface area (Å²) in [6.45, 7) is 3.84. The Morgan fingerprint density at radius 1 is 0.931 bits per heavy atom. The minimum absolute atomic E-state index is 0.500. The summed E-state index contributed by atoms with van der Waals surface area (Å²) in [4.78, 5) is 4.98. The minimum atomic E-state index is 0.500. The number of hydrogen-bond acceptors (Lipinski definition) is 4. The number of aromatic nitrogens is 2. The first-order valence-electron chi connectivity index (χ1n) is 10.5. The lowest BCUT2D eigenvalue weighted by atomic mass is 10.0. The predicted molar refractivity (Wildman–Crippen MR) is 118 cm³/mol. The second-order valence-corrected chi connectivity index (χ2v) is 7.64. The molecule has 0 aliphatic carbocycles. The summed E-state index contributed by atoms with van der Waals surface area (Å²) < 4.78 is 7.42. The van der Waals surface area contributed by atoms with Crippen molar-refractivity contribution in [3.63, 3.8) is 0 Å². The fourth-order valence-corrected chi connectivity index (χ4v) is 4.11. The molecular formula is C24H30N4O. The van der Waals surface area contributed by atoms with Crippen LogP contribution in [-0.2, 0) is 11.2 Å². The fraction of sp³-hybridized carbons (Fsp3) is 0.375. The maximum Gasteiger partial charge on any atom is 0.0990 e. The van der Waals surface area contributed by atoms with Crippen molar-refractivity contribution in [1.29, 1.82) is 0 Å². The number of anilines is 1. The van der Waals surface area contributed by atoms with E-state index in [2.05, 4.69) is 64.5 Å². The summed E-state index contributed by atoms with van der Waals surface area (Å²) in [5.74, 6) is 0. The number of methoxy groups -OCH3 is 1. The van der Waals surface area contributed by atoms with Crippen LogP contribution in [-0.4, -0.2) is 54.2 Å². The highest BCUT2D eigenvalue weighted by molar-refractivity contribution is 5.46. The van der Waals surface area contributed by atoms with E-state index in [0.29, 0.717) is 12.8 Å². The van der Waals surface area contributed by atoms with Gasteiger partial charge < -0.3 is 9.64 Å². The lowest BCUT2D eigenvalue weighted by Gasteiger charge is -2.42. The van der Waals surface area contributed by atoms with Crippen LogP contribution in [0.3, 0.4) is 0 Å². The molecule has 0 bridgehead atoms. The molecule has 1 saturated heterocycles. The average molecular weight is 391 g/mol. The fourth-order valence-electron chi connectivity index (χ4n) is 4.11. The third kappa shape index (κ3) is 5.05. The van der Waals surface area contributed by atoms with Gasteiger partial charge in [-0.3, -0.25) is 4.90 Å². The Morgan fingerprint density at radius 2 is 1.66 bits per heavy atom. The molecule has 2 aromatic carbocycles. The summed E-state index contributed by atoms with van der Waals surface area (Å²) in [6, 6.07) is 23.7. The smallest absolute Gasteiger partial charge is 0.0990 e. The Bertz CT molecular complexity index is 865. The van der Waals surface area contributed by atoms with E-state index in [1.807, 2.05) is 22.9 Å². The van der Waals surface area contributed by atoms with E-state index in [1.54, 1.807) is 7.11 Å². The van der Waals surface area contributed by atoms with Crippen molar-refractivity contribution in [1.82, 2.24) is 14.7 Å². The van der Waals surface area contributed by atoms with Crippen molar-refractivity contribution < 1.29 is 4.74 Å². The topological polar surface area (TPSA) is 33.5 Å². The summed E-state index contributed by atoms with van der Waals surface area (Å²) >= 11 is 0. The highest BCUT2D eigenvalue weighted by Crippen LogP contribution is 2.21. The summed E-state index contributed by atoms with van der Waals surface area (Å²) in [6.07, 6.45) is 5.33. The van der Waals surface area contributed by atoms with Gasteiger partial charge in [-0.15, -0.1) is 0 Å². The van der Waals surface area contributed by atoms with Crippen LogP contribution in [0.2, 0.25) is 0 Å². The number of ether oxygens (including phenoxy) is 1. The van der Waals surface area contributed by atoms with Gasteiger partial charge in [0.25, 0.3) is 0 Å². The van der Waals surface area contributed by atoms with Gasteiger partial charge in [0.05, 0.1) is 18.1 Å². The molecule has 5 heteroatoms. The van der Waals surface area contributed by atoms with Crippen molar-refractivity contribution >= 4 is 5.69 Å². The predicted octanol–water partition coefficient (Wildman–Crippen LogP) is 3.99. The minimum Gasteiger partial charge on any atom is -0.369 e. The van der Waals surface area contributed by atoms with E-state index in [-0.39, 0.29) is 0 Å². The first-order valence-corrected chi connectivity index (χ1v) is 10.5. The average Bonchev–Trinajstić information content (AvgIpc) is 3.25. The summed E-state index contributed by atoms with van der Waals surface area (Å²) in [5, 5.41) is 4.75. The molecule has 1 unspecified atom stereocenters. The quantitative estimate of drug-likeness (QED) is 0.582. The lowest BCUT2D eigenvalue weighted by molar-refractivity contribution is 0.0238. The van der Waals surface area contributed by atoms with E-state index in [1.165, 1.54) is 5.69 Å². The second kappa shape index (κ2) is 9.72. The second-order valence-electron chi connectivity index (χ2n) is 7.64. The molecule has 1 aromatic heterocycles. The number of nitrogens with zero attached hydrogens (tertiary/aromatic N) is 4. The normalized spacial score (nSPS) is 17.6.